The third kappa shape index (κ3) is 4.21. The van der Waals surface area contributed by atoms with Crippen LogP contribution in [0.25, 0.3) is 22.2 Å². The van der Waals surface area contributed by atoms with Gasteiger partial charge >= 0.3 is 6.18 Å². The standard InChI is InChI=1S/C19H21F3N6O3S/c1-2-32(30,31)27-11-18(12-27,7-16(29)25-10-19(20,21)22)28-9-13(8-26-28)14-3-5-23-17-15(14)4-6-24-17/h3-6,8-9H,2,7,10-12H2,1H3,(H,23,24)(H,25,29). The van der Waals surface area contributed by atoms with Gasteiger partial charge in [-0.3, -0.25) is 9.48 Å². The Balaban J connectivity index is 1.63. The summed E-state index contributed by atoms with van der Waals surface area (Å²) in [6.07, 6.45) is 1.75. The van der Waals surface area contributed by atoms with Crippen LogP contribution in [0.2, 0.25) is 0 Å². The maximum absolute atomic E-state index is 12.5. The smallest absolute Gasteiger partial charge is 0.347 e. The van der Waals surface area contributed by atoms with Crippen molar-refractivity contribution in [2.75, 3.05) is 25.4 Å². The lowest BCUT2D eigenvalue weighted by Gasteiger charge is -2.48. The number of carbonyl (C=O) groups is 1. The van der Waals surface area contributed by atoms with E-state index in [4.69, 9.17) is 0 Å². The lowest BCUT2D eigenvalue weighted by atomic mass is 9.88. The number of rotatable bonds is 7. The Morgan fingerprint density at radius 3 is 2.75 bits per heavy atom. The number of hydrogen-bond acceptors (Lipinski definition) is 5. The number of amides is 1. The van der Waals surface area contributed by atoms with Gasteiger partial charge in [-0.2, -0.15) is 22.6 Å². The van der Waals surface area contributed by atoms with Crippen molar-refractivity contribution in [1.29, 1.82) is 0 Å². The van der Waals surface area contributed by atoms with Crippen molar-refractivity contribution >= 4 is 27.0 Å². The van der Waals surface area contributed by atoms with E-state index in [1.54, 1.807) is 30.9 Å². The first-order chi connectivity index (χ1) is 15.0. The Morgan fingerprint density at radius 1 is 1.31 bits per heavy atom. The van der Waals surface area contributed by atoms with Gasteiger partial charge in [-0.25, -0.2) is 13.4 Å². The molecule has 1 saturated heterocycles. The van der Waals surface area contributed by atoms with Gasteiger partial charge in [0.15, 0.2) is 0 Å². The molecule has 0 radical (unpaired) electrons. The number of alkyl halides is 3. The second-order valence-corrected chi connectivity index (χ2v) is 9.99. The van der Waals surface area contributed by atoms with Crippen molar-refractivity contribution in [2.24, 2.45) is 0 Å². The molecule has 0 unspecified atom stereocenters. The summed E-state index contributed by atoms with van der Waals surface area (Å²) in [6, 6.07) is 3.66. The minimum absolute atomic E-state index is 0.0559. The van der Waals surface area contributed by atoms with E-state index in [0.29, 0.717) is 11.2 Å². The van der Waals surface area contributed by atoms with Crippen LogP contribution in [0.3, 0.4) is 0 Å². The maximum Gasteiger partial charge on any atom is 0.405 e. The van der Waals surface area contributed by atoms with Gasteiger partial charge in [0.1, 0.15) is 12.2 Å². The summed E-state index contributed by atoms with van der Waals surface area (Å²) < 4.78 is 64.6. The molecule has 1 aliphatic heterocycles. The lowest BCUT2D eigenvalue weighted by molar-refractivity contribution is -0.140. The summed E-state index contributed by atoms with van der Waals surface area (Å²) in [6.45, 7) is -0.0615. The molecule has 0 atom stereocenters. The second-order valence-electron chi connectivity index (χ2n) is 7.73. The quantitative estimate of drug-likeness (QED) is 0.547. The first kappa shape index (κ1) is 22.3. The topological polar surface area (TPSA) is 113 Å². The van der Waals surface area contributed by atoms with Gasteiger partial charge in [0.05, 0.1) is 23.9 Å². The zero-order valence-electron chi connectivity index (χ0n) is 17.1. The number of H-pyrrole nitrogens is 1. The summed E-state index contributed by atoms with van der Waals surface area (Å²) in [4.78, 5) is 19.5. The Kier molecular flexibility index (Phi) is 5.49. The average molecular weight is 470 g/mol. The van der Waals surface area contributed by atoms with Crippen LogP contribution in [-0.4, -0.2) is 69.9 Å². The van der Waals surface area contributed by atoms with Crippen LogP contribution in [0.15, 0.2) is 36.9 Å². The normalized spacial score (nSPS) is 16.8. The maximum atomic E-state index is 12.5. The monoisotopic (exact) mass is 470 g/mol. The summed E-state index contributed by atoms with van der Waals surface area (Å²) in [7, 11) is -3.51. The predicted octanol–water partition coefficient (Wildman–Crippen LogP) is 1.86. The highest BCUT2D eigenvalue weighted by molar-refractivity contribution is 7.89. The fraction of sp³-hybridized carbons (Fsp3) is 0.421. The zero-order valence-corrected chi connectivity index (χ0v) is 17.9. The highest BCUT2D eigenvalue weighted by Gasteiger charge is 2.51. The molecule has 13 heteroatoms. The average Bonchev–Trinajstić information content (AvgIpc) is 3.37. The molecule has 1 fully saturated rings. The fourth-order valence-electron chi connectivity index (χ4n) is 3.82. The summed E-state index contributed by atoms with van der Waals surface area (Å²) in [5.74, 6) is -0.944. The van der Waals surface area contributed by atoms with Crippen molar-refractivity contribution in [3.05, 3.63) is 36.9 Å². The fourth-order valence-corrected chi connectivity index (χ4v) is 5.06. The van der Waals surface area contributed by atoms with Crippen molar-refractivity contribution in [2.45, 2.75) is 25.1 Å². The van der Waals surface area contributed by atoms with Crippen LogP contribution in [-0.2, 0) is 20.4 Å². The number of hydrogen-bond donors (Lipinski definition) is 2. The van der Waals surface area contributed by atoms with E-state index in [1.165, 1.54) is 15.9 Å². The molecule has 0 bridgehead atoms. The van der Waals surface area contributed by atoms with Crippen molar-refractivity contribution in [1.82, 2.24) is 29.4 Å². The van der Waals surface area contributed by atoms with E-state index >= 15 is 0 Å². The molecule has 9 nitrogen and oxygen atoms in total. The third-order valence-corrected chi connectivity index (χ3v) is 7.29. The number of carbonyl (C=O) groups excluding carboxylic acids is 1. The van der Waals surface area contributed by atoms with Gasteiger partial charge in [-0.1, -0.05) is 0 Å². The molecule has 1 amide bonds. The minimum atomic E-state index is -4.54. The predicted molar refractivity (Wildman–Crippen MR) is 110 cm³/mol. The molecule has 0 aromatic carbocycles. The van der Waals surface area contributed by atoms with Crippen LogP contribution in [0.4, 0.5) is 13.2 Å². The van der Waals surface area contributed by atoms with Gasteiger partial charge in [0.25, 0.3) is 0 Å². The molecule has 0 saturated carbocycles. The Bertz CT molecular complexity index is 1240. The highest BCUT2D eigenvalue weighted by atomic mass is 32.2. The van der Waals surface area contributed by atoms with Crippen molar-refractivity contribution in [3.63, 3.8) is 0 Å². The number of fused-ring (bicyclic) bond motifs is 1. The Morgan fingerprint density at radius 2 is 2.06 bits per heavy atom. The van der Waals surface area contributed by atoms with Gasteiger partial charge < -0.3 is 10.3 Å². The first-order valence-corrected chi connectivity index (χ1v) is 11.4. The van der Waals surface area contributed by atoms with E-state index in [9.17, 15) is 26.4 Å². The first-order valence-electron chi connectivity index (χ1n) is 9.82. The van der Waals surface area contributed by atoms with Crippen LogP contribution in [0.5, 0.6) is 0 Å². The lowest BCUT2D eigenvalue weighted by Crippen LogP contribution is -2.65. The van der Waals surface area contributed by atoms with E-state index in [1.807, 2.05) is 11.4 Å². The molecule has 2 N–H and O–H groups in total. The number of pyridine rings is 1. The molecule has 0 aliphatic carbocycles. The van der Waals surface area contributed by atoms with Crippen LogP contribution in [0.1, 0.15) is 13.3 Å². The third-order valence-electron chi connectivity index (χ3n) is 5.51. The molecule has 0 spiro atoms. The van der Waals surface area contributed by atoms with E-state index in [2.05, 4.69) is 15.1 Å². The van der Waals surface area contributed by atoms with Crippen LogP contribution in [0, 0.1) is 0 Å². The Labute approximate surface area is 181 Å². The molecule has 4 rings (SSSR count). The van der Waals surface area contributed by atoms with E-state index in [0.717, 1.165) is 10.9 Å². The second kappa shape index (κ2) is 7.89. The van der Waals surface area contributed by atoms with Crippen LogP contribution >= 0.6 is 0 Å². The molecule has 172 valence electrons. The number of sulfonamides is 1. The zero-order chi connectivity index (χ0) is 23.1. The van der Waals surface area contributed by atoms with Crippen molar-refractivity contribution < 1.29 is 26.4 Å². The highest BCUT2D eigenvalue weighted by Crippen LogP contribution is 2.36. The summed E-state index contributed by atoms with van der Waals surface area (Å²) in [5.41, 5.74) is 1.14. The number of nitrogens with one attached hydrogen (secondary N) is 2. The Hall–Kier alpha value is -2.93. The molecule has 3 aromatic rings. The molecular formula is C19H21F3N6O3S. The minimum Gasteiger partial charge on any atom is -0.347 e. The summed E-state index contributed by atoms with van der Waals surface area (Å²) >= 11 is 0. The largest absolute Gasteiger partial charge is 0.405 e. The number of nitrogens with zero attached hydrogens (tertiary/aromatic N) is 4. The van der Waals surface area contributed by atoms with E-state index < -0.39 is 34.2 Å². The van der Waals surface area contributed by atoms with Gasteiger partial charge in [0, 0.05) is 42.6 Å². The molecule has 1 aliphatic rings. The van der Waals surface area contributed by atoms with Gasteiger partial charge in [-0.15, -0.1) is 0 Å². The van der Waals surface area contributed by atoms with Gasteiger partial charge in [-0.05, 0) is 24.6 Å². The SMILES string of the molecule is CCS(=O)(=O)N1CC(CC(=O)NCC(F)(F)F)(n2cc(-c3ccnc4[nH]ccc34)cn2)C1. The number of aromatic nitrogens is 4. The molecular weight excluding hydrogens is 449 g/mol. The molecule has 32 heavy (non-hydrogen) atoms. The number of halogens is 3. The van der Waals surface area contributed by atoms with Crippen LogP contribution < -0.4 is 5.32 Å². The van der Waals surface area contributed by atoms with E-state index in [-0.39, 0.29) is 25.3 Å². The molecule has 4 heterocycles. The van der Waals surface area contributed by atoms with Gasteiger partial charge in [0.2, 0.25) is 15.9 Å². The molecule has 3 aromatic heterocycles. The number of aromatic amines is 1. The summed E-state index contributed by atoms with van der Waals surface area (Å²) in [5, 5.41) is 7.06. The van der Waals surface area contributed by atoms with Crippen molar-refractivity contribution in [3.8, 4) is 11.1 Å².